The molecule has 2 heteroatoms. The van der Waals surface area contributed by atoms with Crippen molar-refractivity contribution in [3.63, 3.8) is 0 Å². The van der Waals surface area contributed by atoms with Crippen LogP contribution in [0.1, 0.15) is 33.1 Å². The zero-order valence-electron chi connectivity index (χ0n) is 8.92. The van der Waals surface area contributed by atoms with E-state index in [1.165, 1.54) is 38.9 Å². The average Bonchev–Trinajstić information content (AvgIpc) is 2.90. The quantitative estimate of drug-likeness (QED) is 0.711. The SMILES string of the molecule is CC1CN(CCC2CC2)C(C)CN1. The third kappa shape index (κ3) is 2.68. The smallest absolute Gasteiger partial charge is 0.0193 e. The van der Waals surface area contributed by atoms with Crippen LogP contribution in [0.2, 0.25) is 0 Å². The Balaban J connectivity index is 1.73. The molecule has 76 valence electrons. The van der Waals surface area contributed by atoms with Crippen molar-refractivity contribution in [1.29, 1.82) is 0 Å². The third-order valence-corrected chi connectivity index (χ3v) is 3.41. The van der Waals surface area contributed by atoms with Gasteiger partial charge in [-0.15, -0.1) is 0 Å². The molecular weight excluding hydrogens is 160 g/mol. The van der Waals surface area contributed by atoms with Crippen molar-refractivity contribution in [3.8, 4) is 0 Å². The maximum Gasteiger partial charge on any atom is 0.0193 e. The molecule has 2 nitrogen and oxygen atoms in total. The van der Waals surface area contributed by atoms with Gasteiger partial charge in [0.15, 0.2) is 0 Å². The fourth-order valence-corrected chi connectivity index (χ4v) is 2.16. The fraction of sp³-hybridized carbons (Fsp3) is 1.00. The molecular formula is C11H22N2. The first-order valence-electron chi connectivity index (χ1n) is 5.73. The summed E-state index contributed by atoms with van der Waals surface area (Å²) in [4.78, 5) is 2.65. The Bertz CT molecular complexity index is 165. The molecule has 2 rings (SSSR count). The second-order valence-electron chi connectivity index (χ2n) is 4.89. The number of hydrogen-bond donors (Lipinski definition) is 1. The summed E-state index contributed by atoms with van der Waals surface area (Å²) in [5.74, 6) is 1.08. The molecule has 2 aliphatic rings. The van der Waals surface area contributed by atoms with Crippen LogP contribution in [0.5, 0.6) is 0 Å². The van der Waals surface area contributed by atoms with Crippen LogP contribution in [0.25, 0.3) is 0 Å². The first-order valence-corrected chi connectivity index (χ1v) is 5.73. The van der Waals surface area contributed by atoms with Gasteiger partial charge in [0.2, 0.25) is 0 Å². The van der Waals surface area contributed by atoms with Crippen molar-refractivity contribution in [3.05, 3.63) is 0 Å². The summed E-state index contributed by atoms with van der Waals surface area (Å²) in [6.07, 6.45) is 4.43. The molecule has 1 heterocycles. The minimum atomic E-state index is 0.690. The monoisotopic (exact) mass is 182 g/mol. The second-order valence-corrected chi connectivity index (χ2v) is 4.89. The molecule has 0 aromatic rings. The molecule has 2 unspecified atom stereocenters. The van der Waals surface area contributed by atoms with Gasteiger partial charge in [-0.3, -0.25) is 4.90 Å². The van der Waals surface area contributed by atoms with Crippen LogP contribution < -0.4 is 5.32 Å². The summed E-state index contributed by atoms with van der Waals surface area (Å²) in [7, 11) is 0. The Morgan fingerprint density at radius 3 is 2.77 bits per heavy atom. The molecule has 1 saturated carbocycles. The van der Waals surface area contributed by atoms with Gasteiger partial charge in [0.1, 0.15) is 0 Å². The van der Waals surface area contributed by atoms with E-state index in [2.05, 4.69) is 24.1 Å². The Kier molecular flexibility index (Phi) is 2.89. The summed E-state index contributed by atoms with van der Waals surface area (Å²) in [5.41, 5.74) is 0. The highest BCUT2D eigenvalue weighted by Gasteiger charge is 2.26. The first kappa shape index (κ1) is 9.47. The molecule has 0 aromatic heterocycles. The van der Waals surface area contributed by atoms with Crippen LogP contribution in [0.4, 0.5) is 0 Å². The second kappa shape index (κ2) is 3.97. The standard InChI is InChI=1S/C11H22N2/c1-9-8-13(10(2)7-12-9)6-5-11-3-4-11/h9-12H,3-8H2,1-2H3. The average molecular weight is 182 g/mol. The van der Waals surface area contributed by atoms with E-state index < -0.39 is 0 Å². The zero-order chi connectivity index (χ0) is 9.26. The maximum absolute atomic E-state index is 3.52. The summed E-state index contributed by atoms with van der Waals surface area (Å²) < 4.78 is 0. The Morgan fingerprint density at radius 1 is 1.31 bits per heavy atom. The molecule has 0 bridgehead atoms. The topological polar surface area (TPSA) is 15.3 Å². The van der Waals surface area contributed by atoms with Crippen molar-refractivity contribution in [1.82, 2.24) is 10.2 Å². The van der Waals surface area contributed by atoms with E-state index in [1.807, 2.05) is 0 Å². The van der Waals surface area contributed by atoms with Crippen molar-refractivity contribution in [2.24, 2.45) is 5.92 Å². The number of piperazine rings is 1. The van der Waals surface area contributed by atoms with Gasteiger partial charge in [0.25, 0.3) is 0 Å². The van der Waals surface area contributed by atoms with Crippen molar-refractivity contribution >= 4 is 0 Å². The fourth-order valence-electron chi connectivity index (χ4n) is 2.16. The minimum Gasteiger partial charge on any atom is -0.311 e. The summed E-state index contributed by atoms with van der Waals surface area (Å²) in [5, 5.41) is 3.52. The van der Waals surface area contributed by atoms with Gasteiger partial charge in [-0.05, 0) is 32.7 Å². The van der Waals surface area contributed by atoms with Gasteiger partial charge in [-0.2, -0.15) is 0 Å². The maximum atomic E-state index is 3.52. The van der Waals surface area contributed by atoms with E-state index in [4.69, 9.17) is 0 Å². The van der Waals surface area contributed by atoms with Crippen molar-refractivity contribution < 1.29 is 0 Å². The number of nitrogens with one attached hydrogen (secondary N) is 1. The van der Waals surface area contributed by atoms with E-state index in [-0.39, 0.29) is 0 Å². The highest BCUT2D eigenvalue weighted by atomic mass is 15.2. The molecule has 0 spiro atoms. The number of rotatable bonds is 3. The molecule has 1 aliphatic carbocycles. The molecule has 1 saturated heterocycles. The Labute approximate surface area is 81.7 Å². The highest BCUT2D eigenvalue weighted by molar-refractivity contribution is 4.83. The Morgan fingerprint density at radius 2 is 2.08 bits per heavy atom. The van der Waals surface area contributed by atoms with E-state index >= 15 is 0 Å². The highest BCUT2D eigenvalue weighted by Crippen LogP contribution is 2.32. The minimum absolute atomic E-state index is 0.690. The van der Waals surface area contributed by atoms with Crippen molar-refractivity contribution in [2.75, 3.05) is 19.6 Å². The largest absolute Gasteiger partial charge is 0.311 e. The lowest BCUT2D eigenvalue weighted by Gasteiger charge is -2.37. The van der Waals surface area contributed by atoms with Gasteiger partial charge in [0.05, 0.1) is 0 Å². The van der Waals surface area contributed by atoms with Crippen LogP contribution in [0.15, 0.2) is 0 Å². The molecule has 1 N–H and O–H groups in total. The van der Waals surface area contributed by atoms with Crippen LogP contribution in [0, 0.1) is 5.92 Å². The van der Waals surface area contributed by atoms with E-state index in [9.17, 15) is 0 Å². The summed E-state index contributed by atoms with van der Waals surface area (Å²) in [6, 6.07) is 1.44. The van der Waals surface area contributed by atoms with Crippen LogP contribution in [-0.4, -0.2) is 36.6 Å². The predicted octanol–water partition coefficient (Wildman–Crippen LogP) is 1.47. The van der Waals surface area contributed by atoms with E-state index in [0.717, 1.165) is 12.0 Å². The third-order valence-electron chi connectivity index (χ3n) is 3.41. The van der Waals surface area contributed by atoms with Crippen LogP contribution >= 0.6 is 0 Å². The molecule has 2 fully saturated rings. The molecule has 2 atom stereocenters. The van der Waals surface area contributed by atoms with Gasteiger partial charge < -0.3 is 5.32 Å². The number of hydrogen-bond acceptors (Lipinski definition) is 2. The van der Waals surface area contributed by atoms with Gasteiger partial charge in [-0.1, -0.05) is 12.8 Å². The molecule has 0 aromatic carbocycles. The normalized spacial score (nSPS) is 36.5. The lowest BCUT2D eigenvalue weighted by Crippen LogP contribution is -2.54. The molecule has 13 heavy (non-hydrogen) atoms. The lowest BCUT2D eigenvalue weighted by molar-refractivity contribution is 0.143. The summed E-state index contributed by atoms with van der Waals surface area (Å²) >= 11 is 0. The number of nitrogens with zero attached hydrogens (tertiary/aromatic N) is 1. The lowest BCUT2D eigenvalue weighted by atomic mass is 10.1. The zero-order valence-corrected chi connectivity index (χ0v) is 8.92. The molecule has 0 radical (unpaired) electrons. The van der Waals surface area contributed by atoms with Gasteiger partial charge >= 0.3 is 0 Å². The first-order chi connectivity index (χ1) is 6.25. The predicted molar refractivity (Wildman–Crippen MR) is 55.8 cm³/mol. The Hall–Kier alpha value is -0.0800. The van der Waals surface area contributed by atoms with Crippen LogP contribution in [0.3, 0.4) is 0 Å². The molecule has 0 amide bonds. The van der Waals surface area contributed by atoms with Crippen LogP contribution in [-0.2, 0) is 0 Å². The molecule has 1 aliphatic heterocycles. The van der Waals surface area contributed by atoms with Gasteiger partial charge in [-0.25, -0.2) is 0 Å². The van der Waals surface area contributed by atoms with E-state index in [0.29, 0.717) is 6.04 Å². The van der Waals surface area contributed by atoms with Gasteiger partial charge in [0, 0.05) is 25.2 Å². The van der Waals surface area contributed by atoms with E-state index in [1.54, 1.807) is 0 Å². The van der Waals surface area contributed by atoms with Crippen molar-refractivity contribution in [2.45, 2.75) is 45.2 Å². The summed E-state index contributed by atoms with van der Waals surface area (Å²) in [6.45, 7) is 8.37.